The van der Waals surface area contributed by atoms with Crippen molar-refractivity contribution in [2.75, 3.05) is 26.6 Å². The van der Waals surface area contributed by atoms with Gasteiger partial charge in [0.15, 0.2) is 17.1 Å². The molecule has 0 atom stereocenters. The third kappa shape index (κ3) is 3.97. The van der Waals surface area contributed by atoms with Crippen LogP contribution in [0.4, 0.5) is 5.69 Å². The number of ether oxygens (including phenoxy) is 4. The van der Waals surface area contributed by atoms with E-state index in [1.165, 1.54) is 27.7 Å². The van der Waals surface area contributed by atoms with Gasteiger partial charge in [-0.3, -0.25) is 9.48 Å². The van der Waals surface area contributed by atoms with Crippen molar-refractivity contribution in [3.8, 4) is 28.9 Å². The quantitative estimate of drug-likeness (QED) is 0.470. The molecule has 0 bridgehead atoms. The van der Waals surface area contributed by atoms with Crippen LogP contribution in [0.5, 0.6) is 28.9 Å². The summed E-state index contributed by atoms with van der Waals surface area (Å²) in [5.41, 5.74) is 1.62. The Labute approximate surface area is 183 Å². The number of anilines is 1. The Hall–Kier alpha value is -4.34. The average Bonchev–Trinajstić information content (AvgIpc) is 3.21. The van der Waals surface area contributed by atoms with E-state index >= 15 is 0 Å². The molecule has 0 aliphatic carbocycles. The van der Waals surface area contributed by atoms with Gasteiger partial charge < -0.3 is 24.3 Å². The number of nitrogens with one attached hydrogen (secondary N) is 1. The topological polar surface area (TPSA) is 110 Å². The molecule has 0 aliphatic heterocycles. The van der Waals surface area contributed by atoms with Gasteiger partial charge in [0.1, 0.15) is 17.5 Å². The summed E-state index contributed by atoms with van der Waals surface area (Å²) in [6.07, 6.45) is 3.07. The van der Waals surface area contributed by atoms with Gasteiger partial charge in [0.2, 0.25) is 11.6 Å². The monoisotopic (exact) mass is 435 g/mol. The fourth-order valence-electron chi connectivity index (χ4n) is 3.16. The molecule has 0 aliphatic rings. The molecule has 0 spiro atoms. The van der Waals surface area contributed by atoms with Crippen molar-refractivity contribution in [3.63, 3.8) is 0 Å². The van der Waals surface area contributed by atoms with E-state index in [-0.39, 0.29) is 5.91 Å². The van der Waals surface area contributed by atoms with E-state index in [1.54, 1.807) is 54.3 Å². The van der Waals surface area contributed by atoms with Crippen LogP contribution in [-0.4, -0.2) is 47.0 Å². The van der Waals surface area contributed by atoms with Gasteiger partial charge in [-0.05, 0) is 36.4 Å². The molecular weight excluding hydrogens is 414 g/mol. The zero-order valence-electron chi connectivity index (χ0n) is 17.9. The lowest BCUT2D eigenvalue weighted by Gasteiger charge is -2.14. The fraction of sp³-hybridized carbons (Fsp3) is 0.182. The number of rotatable bonds is 7. The van der Waals surface area contributed by atoms with E-state index in [4.69, 9.17) is 18.9 Å². The Bertz CT molecular complexity index is 1240. The van der Waals surface area contributed by atoms with Crippen LogP contribution < -0.4 is 24.3 Å². The van der Waals surface area contributed by atoms with Crippen LogP contribution in [0, 0.1) is 0 Å². The summed E-state index contributed by atoms with van der Waals surface area (Å²) in [5.74, 6) is 1.84. The van der Waals surface area contributed by atoms with Gasteiger partial charge in [-0.25, -0.2) is 9.97 Å². The summed E-state index contributed by atoms with van der Waals surface area (Å²) in [4.78, 5) is 21.1. The highest BCUT2D eigenvalue weighted by Crippen LogP contribution is 2.38. The summed E-state index contributed by atoms with van der Waals surface area (Å²) >= 11 is 0. The maximum absolute atomic E-state index is 12.8. The number of fused-ring (bicyclic) bond motifs is 1. The lowest BCUT2D eigenvalue weighted by atomic mass is 10.1. The fourth-order valence-corrected chi connectivity index (χ4v) is 3.16. The van der Waals surface area contributed by atoms with E-state index in [0.29, 0.717) is 51.2 Å². The van der Waals surface area contributed by atoms with Crippen molar-refractivity contribution >= 4 is 22.6 Å². The molecule has 2 heterocycles. The Kier molecular flexibility index (Phi) is 5.75. The molecule has 0 saturated carbocycles. The highest BCUT2D eigenvalue weighted by atomic mass is 16.5. The summed E-state index contributed by atoms with van der Waals surface area (Å²) in [6, 6.07) is 10.1. The van der Waals surface area contributed by atoms with Crippen LogP contribution in [0.3, 0.4) is 0 Å². The molecule has 1 amide bonds. The number of amides is 1. The smallest absolute Gasteiger partial charge is 0.255 e. The molecule has 2 aromatic heterocycles. The zero-order valence-corrected chi connectivity index (χ0v) is 17.9. The summed E-state index contributed by atoms with van der Waals surface area (Å²) in [7, 11) is 6.29. The van der Waals surface area contributed by atoms with Crippen LogP contribution in [0.2, 0.25) is 0 Å². The first kappa shape index (κ1) is 20.9. The van der Waals surface area contributed by atoms with Crippen LogP contribution >= 0.6 is 0 Å². The number of aromatic nitrogens is 4. The highest BCUT2D eigenvalue weighted by Gasteiger charge is 2.17. The number of carbonyl (C=O) groups is 1. The van der Waals surface area contributed by atoms with Gasteiger partial charge in [0, 0.05) is 18.3 Å². The Morgan fingerprint density at radius 3 is 2.28 bits per heavy atom. The number of hydrogen-bond donors (Lipinski definition) is 1. The van der Waals surface area contributed by atoms with E-state index in [9.17, 15) is 4.79 Å². The van der Waals surface area contributed by atoms with Crippen LogP contribution in [0.25, 0.3) is 11.0 Å². The molecule has 4 aromatic rings. The minimum absolute atomic E-state index is 0.328. The van der Waals surface area contributed by atoms with Gasteiger partial charge in [-0.1, -0.05) is 0 Å². The second kappa shape index (κ2) is 8.80. The number of benzene rings is 2. The Balaban J connectivity index is 1.51. The maximum atomic E-state index is 12.8. The molecule has 2 aromatic carbocycles. The SMILES string of the molecule is COc1cc(C(=O)Nc2ccc(Oc3ncnc4c3cnn4C)cc2)cc(OC)c1OC. The molecule has 0 saturated heterocycles. The van der Waals surface area contributed by atoms with Crippen molar-refractivity contribution in [3.05, 3.63) is 54.5 Å². The maximum Gasteiger partial charge on any atom is 0.255 e. The van der Waals surface area contributed by atoms with E-state index in [0.717, 1.165) is 0 Å². The van der Waals surface area contributed by atoms with Crippen molar-refractivity contribution in [2.24, 2.45) is 7.05 Å². The van der Waals surface area contributed by atoms with Crippen LogP contribution in [0.15, 0.2) is 48.9 Å². The first-order valence-electron chi connectivity index (χ1n) is 9.56. The van der Waals surface area contributed by atoms with Crippen molar-refractivity contribution in [2.45, 2.75) is 0 Å². The Morgan fingerprint density at radius 1 is 0.969 bits per heavy atom. The molecule has 0 radical (unpaired) electrons. The van der Waals surface area contributed by atoms with Gasteiger partial charge >= 0.3 is 0 Å². The lowest BCUT2D eigenvalue weighted by Crippen LogP contribution is -2.12. The summed E-state index contributed by atoms with van der Waals surface area (Å²) in [6.45, 7) is 0. The van der Waals surface area contributed by atoms with E-state index in [1.807, 2.05) is 0 Å². The predicted molar refractivity (Wildman–Crippen MR) is 117 cm³/mol. The van der Waals surface area contributed by atoms with Crippen LogP contribution in [-0.2, 0) is 7.05 Å². The molecule has 4 rings (SSSR count). The number of nitrogens with zero attached hydrogens (tertiary/aromatic N) is 4. The zero-order chi connectivity index (χ0) is 22.7. The van der Waals surface area contributed by atoms with Gasteiger partial charge in [0.25, 0.3) is 5.91 Å². The molecule has 0 unspecified atom stereocenters. The van der Waals surface area contributed by atoms with Gasteiger partial charge in [-0.15, -0.1) is 0 Å². The standard InChI is InChI=1S/C22H21N5O5/c1-27-20-16(11-25-27)22(24-12-23-20)32-15-7-5-14(6-8-15)26-21(28)13-9-17(29-2)19(31-4)18(10-13)30-3/h5-12H,1-4H3,(H,26,28). The molecule has 164 valence electrons. The summed E-state index contributed by atoms with van der Waals surface area (Å²) < 4.78 is 23.4. The summed E-state index contributed by atoms with van der Waals surface area (Å²) in [5, 5.41) is 7.71. The first-order valence-corrected chi connectivity index (χ1v) is 9.56. The Morgan fingerprint density at radius 2 is 1.66 bits per heavy atom. The van der Waals surface area contributed by atoms with Gasteiger partial charge in [-0.2, -0.15) is 5.10 Å². The molecule has 10 nitrogen and oxygen atoms in total. The van der Waals surface area contributed by atoms with E-state index < -0.39 is 0 Å². The first-order chi connectivity index (χ1) is 15.5. The van der Waals surface area contributed by atoms with Crippen molar-refractivity contribution < 1.29 is 23.7 Å². The lowest BCUT2D eigenvalue weighted by molar-refractivity contribution is 0.102. The minimum atomic E-state index is -0.328. The number of hydrogen-bond acceptors (Lipinski definition) is 8. The second-order valence-electron chi connectivity index (χ2n) is 6.68. The predicted octanol–water partition coefficient (Wildman–Crippen LogP) is 3.43. The normalized spacial score (nSPS) is 10.6. The number of aryl methyl sites for hydroxylation is 1. The molecule has 32 heavy (non-hydrogen) atoms. The molecular formula is C22H21N5O5. The van der Waals surface area contributed by atoms with Crippen LogP contribution in [0.1, 0.15) is 10.4 Å². The minimum Gasteiger partial charge on any atom is -0.493 e. The van der Waals surface area contributed by atoms with E-state index in [2.05, 4.69) is 20.4 Å². The van der Waals surface area contributed by atoms with Crippen molar-refractivity contribution in [1.82, 2.24) is 19.7 Å². The average molecular weight is 435 g/mol. The second-order valence-corrected chi connectivity index (χ2v) is 6.68. The van der Waals surface area contributed by atoms with Crippen molar-refractivity contribution in [1.29, 1.82) is 0 Å². The highest BCUT2D eigenvalue weighted by molar-refractivity contribution is 6.05. The number of methoxy groups -OCH3 is 3. The van der Waals surface area contributed by atoms with Gasteiger partial charge in [0.05, 0.1) is 27.5 Å². The third-order valence-corrected chi connectivity index (χ3v) is 4.75. The molecule has 10 heteroatoms. The number of carbonyl (C=O) groups excluding carboxylic acids is 1. The largest absolute Gasteiger partial charge is 0.493 e. The molecule has 0 fully saturated rings. The molecule has 1 N–H and O–H groups in total. The third-order valence-electron chi connectivity index (χ3n) is 4.75.